The molecule has 2 aliphatic heterocycles. The highest BCUT2D eigenvalue weighted by Crippen LogP contribution is 2.23. The van der Waals surface area contributed by atoms with Crippen molar-refractivity contribution in [1.29, 1.82) is 0 Å². The average Bonchev–Trinajstić information content (AvgIpc) is 2.81. The van der Waals surface area contributed by atoms with Crippen molar-refractivity contribution in [3.63, 3.8) is 0 Å². The molecule has 2 rings (SSSR count). The average molecular weight is 276 g/mol. The van der Waals surface area contributed by atoms with Gasteiger partial charge in [0, 0.05) is 19.1 Å². The SMILES string of the molecule is CC(O)C1CCN(S(=O)(=O)CC2CCCN2)CC1. The van der Waals surface area contributed by atoms with Gasteiger partial charge < -0.3 is 10.4 Å². The van der Waals surface area contributed by atoms with E-state index in [9.17, 15) is 13.5 Å². The molecule has 5 nitrogen and oxygen atoms in total. The number of aliphatic hydroxyl groups is 1. The van der Waals surface area contributed by atoms with Gasteiger partial charge in [0.25, 0.3) is 0 Å². The summed E-state index contributed by atoms with van der Waals surface area (Å²) in [6.45, 7) is 3.84. The van der Waals surface area contributed by atoms with Gasteiger partial charge in [-0.15, -0.1) is 0 Å². The van der Waals surface area contributed by atoms with Crippen LogP contribution in [0.25, 0.3) is 0 Å². The minimum atomic E-state index is -3.13. The van der Waals surface area contributed by atoms with Gasteiger partial charge in [-0.2, -0.15) is 0 Å². The summed E-state index contributed by atoms with van der Waals surface area (Å²) in [4.78, 5) is 0. The third-order valence-corrected chi connectivity index (χ3v) is 6.12. The molecule has 0 spiro atoms. The molecule has 0 saturated carbocycles. The lowest BCUT2D eigenvalue weighted by molar-refractivity contribution is 0.0911. The van der Waals surface area contributed by atoms with E-state index in [-0.39, 0.29) is 23.8 Å². The Bertz CT molecular complexity index is 356. The van der Waals surface area contributed by atoms with Crippen molar-refractivity contribution in [2.75, 3.05) is 25.4 Å². The highest BCUT2D eigenvalue weighted by atomic mass is 32.2. The van der Waals surface area contributed by atoms with Crippen LogP contribution in [0.3, 0.4) is 0 Å². The molecule has 106 valence electrons. The maximum atomic E-state index is 12.2. The van der Waals surface area contributed by atoms with E-state index in [1.165, 1.54) is 0 Å². The minimum absolute atomic E-state index is 0.129. The Hall–Kier alpha value is -0.170. The van der Waals surface area contributed by atoms with Crippen LogP contribution in [0.15, 0.2) is 0 Å². The molecule has 0 aromatic heterocycles. The molecule has 2 saturated heterocycles. The number of sulfonamides is 1. The second-order valence-electron chi connectivity index (χ2n) is 5.55. The van der Waals surface area contributed by atoms with E-state index >= 15 is 0 Å². The Kier molecular flexibility index (Phi) is 4.64. The zero-order valence-electron chi connectivity index (χ0n) is 11.0. The molecule has 0 amide bonds. The second-order valence-corrected chi connectivity index (χ2v) is 7.56. The molecule has 2 fully saturated rings. The fraction of sp³-hybridized carbons (Fsp3) is 1.00. The molecule has 2 unspecified atom stereocenters. The highest BCUT2D eigenvalue weighted by Gasteiger charge is 2.32. The third-order valence-electron chi connectivity index (χ3n) is 4.15. The van der Waals surface area contributed by atoms with Crippen LogP contribution in [0.1, 0.15) is 32.6 Å². The number of hydrogen-bond acceptors (Lipinski definition) is 4. The molecule has 6 heteroatoms. The van der Waals surface area contributed by atoms with Crippen molar-refractivity contribution in [2.45, 2.75) is 44.8 Å². The maximum absolute atomic E-state index is 12.2. The van der Waals surface area contributed by atoms with E-state index in [4.69, 9.17) is 0 Å². The molecular weight excluding hydrogens is 252 g/mol. The summed E-state index contributed by atoms with van der Waals surface area (Å²) < 4.78 is 26.1. The number of aliphatic hydroxyl groups excluding tert-OH is 1. The molecule has 0 aromatic rings. The molecule has 18 heavy (non-hydrogen) atoms. The van der Waals surface area contributed by atoms with Crippen LogP contribution in [0, 0.1) is 5.92 Å². The van der Waals surface area contributed by atoms with Crippen LogP contribution in [0.2, 0.25) is 0 Å². The lowest BCUT2D eigenvalue weighted by Crippen LogP contribution is -2.44. The van der Waals surface area contributed by atoms with Crippen molar-refractivity contribution >= 4 is 10.0 Å². The number of rotatable bonds is 4. The Morgan fingerprint density at radius 2 is 2.00 bits per heavy atom. The number of piperidine rings is 1. The first-order valence-electron chi connectivity index (χ1n) is 6.88. The van der Waals surface area contributed by atoms with Crippen molar-refractivity contribution < 1.29 is 13.5 Å². The molecule has 0 radical (unpaired) electrons. The topological polar surface area (TPSA) is 69.6 Å². The Balaban J connectivity index is 1.87. The zero-order valence-corrected chi connectivity index (χ0v) is 11.8. The Labute approximate surface area is 110 Å². The third kappa shape index (κ3) is 3.44. The lowest BCUT2D eigenvalue weighted by Gasteiger charge is -2.33. The zero-order chi connectivity index (χ0) is 13.2. The molecule has 2 atom stereocenters. The van der Waals surface area contributed by atoms with Crippen molar-refractivity contribution in [3.05, 3.63) is 0 Å². The van der Waals surface area contributed by atoms with Gasteiger partial charge in [-0.25, -0.2) is 12.7 Å². The Morgan fingerprint density at radius 1 is 1.33 bits per heavy atom. The predicted molar refractivity (Wildman–Crippen MR) is 70.8 cm³/mol. The van der Waals surface area contributed by atoms with Crippen LogP contribution < -0.4 is 5.32 Å². The first-order valence-corrected chi connectivity index (χ1v) is 8.49. The summed E-state index contributed by atoms with van der Waals surface area (Å²) in [6, 6.07) is 0.129. The molecular formula is C12H24N2O3S. The fourth-order valence-corrected chi connectivity index (χ4v) is 4.67. The van der Waals surface area contributed by atoms with Gasteiger partial charge in [-0.3, -0.25) is 0 Å². The Morgan fingerprint density at radius 3 is 2.50 bits per heavy atom. The first-order chi connectivity index (χ1) is 8.49. The van der Waals surface area contributed by atoms with Crippen molar-refractivity contribution in [1.82, 2.24) is 9.62 Å². The maximum Gasteiger partial charge on any atom is 0.215 e. The standard InChI is InChI=1S/C12H24N2O3S/c1-10(15)11-4-7-14(8-5-11)18(16,17)9-12-3-2-6-13-12/h10-13,15H,2-9H2,1H3. The molecule has 0 aromatic carbocycles. The summed E-state index contributed by atoms with van der Waals surface area (Å²) in [5.41, 5.74) is 0. The van der Waals surface area contributed by atoms with Gasteiger partial charge in [0.1, 0.15) is 0 Å². The highest BCUT2D eigenvalue weighted by molar-refractivity contribution is 7.89. The summed E-state index contributed by atoms with van der Waals surface area (Å²) >= 11 is 0. The molecule has 2 aliphatic rings. The van der Waals surface area contributed by atoms with E-state index in [0.29, 0.717) is 13.1 Å². The van der Waals surface area contributed by atoms with E-state index in [1.807, 2.05) is 0 Å². The molecule has 2 N–H and O–H groups in total. The van der Waals surface area contributed by atoms with Gasteiger partial charge in [0.2, 0.25) is 10.0 Å². The molecule has 0 bridgehead atoms. The lowest BCUT2D eigenvalue weighted by atomic mass is 9.93. The van der Waals surface area contributed by atoms with Crippen LogP contribution in [-0.4, -0.2) is 55.4 Å². The largest absolute Gasteiger partial charge is 0.393 e. The van der Waals surface area contributed by atoms with E-state index in [2.05, 4.69) is 5.32 Å². The first kappa shape index (κ1) is 14.2. The summed E-state index contributed by atoms with van der Waals surface area (Å²) in [5, 5.41) is 12.8. The predicted octanol–water partition coefficient (Wildman–Crippen LogP) is 0.161. The number of hydrogen-bond donors (Lipinski definition) is 2. The van der Waals surface area contributed by atoms with E-state index in [0.717, 1.165) is 32.2 Å². The normalized spacial score (nSPS) is 29.6. The number of nitrogens with one attached hydrogen (secondary N) is 1. The van der Waals surface area contributed by atoms with Crippen LogP contribution in [0.4, 0.5) is 0 Å². The monoisotopic (exact) mass is 276 g/mol. The summed E-state index contributed by atoms with van der Waals surface area (Å²) in [6.07, 6.45) is 3.25. The van der Waals surface area contributed by atoms with Gasteiger partial charge in [-0.05, 0) is 45.1 Å². The summed E-state index contributed by atoms with van der Waals surface area (Å²) in [7, 11) is -3.13. The fourth-order valence-electron chi connectivity index (χ4n) is 2.89. The van der Waals surface area contributed by atoms with Gasteiger partial charge in [-0.1, -0.05) is 0 Å². The quantitative estimate of drug-likeness (QED) is 0.767. The van der Waals surface area contributed by atoms with Gasteiger partial charge >= 0.3 is 0 Å². The number of nitrogens with zero attached hydrogens (tertiary/aromatic N) is 1. The molecule has 2 heterocycles. The van der Waals surface area contributed by atoms with Crippen LogP contribution >= 0.6 is 0 Å². The molecule has 0 aliphatic carbocycles. The minimum Gasteiger partial charge on any atom is -0.393 e. The van der Waals surface area contributed by atoms with E-state index in [1.54, 1.807) is 11.2 Å². The smallest absolute Gasteiger partial charge is 0.215 e. The van der Waals surface area contributed by atoms with Crippen molar-refractivity contribution in [2.24, 2.45) is 5.92 Å². The summed E-state index contributed by atoms with van der Waals surface area (Å²) in [5.74, 6) is 0.479. The van der Waals surface area contributed by atoms with Gasteiger partial charge in [0.05, 0.1) is 11.9 Å². The van der Waals surface area contributed by atoms with Crippen molar-refractivity contribution in [3.8, 4) is 0 Å². The van der Waals surface area contributed by atoms with Gasteiger partial charge in [0.15, 0.2) is 0 Å². The van der Waals surface area contributed by atoms with Crippen LogP contribution in [0.5, 0.6) is 0 Å². The second kappa shape index (κ2) is 5.86. The van der Waals surface area contributed by atoms with Crippen LogP contribution in [-0.2, 0) is 10.0 Å². The van der Waals surface area contributed by atoms with E-state index < -0.39 is 10.0 Å².